The van der Waals surface area contributed by atoms with E-state index >= 15 is 0 Å². The van der Waals surface area contributed by atoms with Gasteiger partial charge in [-0.1, -0.05) is 15.9 Å². The number of methoxy groups -OCH3 is 1. The molecule has 11 heavy (non-hydrogen) atoms. The molecular weight excluding hydrogens is 212 g/mol. The van der Waals surface area contributed by atoms with Crippen LogP contribution >= 0.6 is 15.9 Å². The van der Waals surface area contributed by atoms with Gasteiger partial charge < -0.3 is 9.47 Å². The monoisotopic (exact) mass is 222 g/mol. The van der Waals surface area contributed by atoms with Gasteiger partial charge in [0.15, 0.2) is 6.29 Å². The van der Waals surface area contributed by atoms with Crippen LogP contribution < -0.4 is 0 Å². The molecule has 0 aromatic heterocycles. The van der Waals surface area contributed by atoms with Gasteiger partial charge in [0.2, 0.25) is 0 Å². The first-order valence-corrected chi connectivity index (χ1v) is 4.04. The van der Waals surface area contributed by atoms with E-state index < -0.39 is 6.29 Å². The number of esters is 1. The molecule has 0 heterocycles. The molecule has 0 bridgehead atoms. The van der Waals surface area contributed by atoms with E-state index in [1.165, 1.54) is 12.1 Å². The molecule has 1 unspecified atom stereocenters. The molecular formula is C7H11BrO3. The van der Waals surface area contributed by atoms with Crippen LogP contribution in [0.25, 0.3) is 0 Å². The topological polar surface area (TPSA) is 35.5 Å². The second-order valence-corrected chi connectivity index (χ2v) is 2.46. The van der Waals surface area contributed by atoms with Gasteiger partial charge in [0.25, 0.3) is 0 Å². The van der Waals surface area contributed by atoms with Crippen LogP contribution in [0.15, 0.2) is 10.6 Å². The summed E-state index contributed by atoms with van der Waals surface area (Å²) in [7, 11) is 1.48. The lowest BCUT2D eigenvalue weighted by Gasteiger charge is -2.10. The highest BCUT2D eigenvalue weighted by Crippen LogP contribution is 2.02. The lowest BCUT2D eigenvalue weighted by Crippen LogP contribution is -2.16. The average molecular weight is 223 g/mol. The quantitative estimate of drug-likeness (QED) is 0.416. The number of hydrogen-bond acceptors (Lipinski definition) is 3. The minimum atomic E-state index is -0.495. The number of halogens is 1. The molecule has 0 amide bonds. The predicted molar refractivity (Wildman–Crippen MR) is 45.2 cm³/mol. The number of rotatable bonds is 3. The third-order valence-corrected chi connectivity index (χ3v) is 1.78. The summed E-state index contributed by atoms with van der Waals surface area (Å²) in [6.07, 6.45) is -0.495. The normalized spacial score (nSPS) is 14.4. The fourth-order valence-electron chi connectivity index (χ4n) is 0.336. The van der Waals surface area contributed by atoms with E-state index in [0.717, 1.165) is 0 Å². The summed E-state index contributed by atoms with van der Waals surface area (Å²) in [5.41, 5.74) is 0.508. The van der Waals surface area contributed by atoms with Crippen LogP contribution in [0.4, 0.5) is 0 Å². The van der Waals surface area contributed by atoms with Crippen LogP contribution in [0, 0.1) is 0 Å². The van der Waals surface area contributed by atoms with Crippen LogP contribution in [0.5, 0.6) is 0 Å². The van der Waals surface area contributed by atoms with Gasteiger partial charge >= 0.3 is 5.97 Å². The minimum Gasteiger partial charge on any atom is -0.433 e. The third-order valence-electron chi connectivity index (χ3n) is 1.09. The van der Waals surface area contributed by atoms with E-state index in [0.29, 0.717) is 5.57 Å². The van der Waals surface area contributed by atoms with Crippen molar-refractivity contribution in [1.29, 1.82) is 0 Å². The van der Waals surface area contributed by atoms with E-state index in [1.807, 2.05) is 0 Å². The largest absolute Gasteiger partial charge is 0.433 e. The lowest BCUT2D eigenvalue weighted by atomic mass is 10.4. The molecule has 0 aliphatic rings. The molecule has 0 spiro atoms. The van der Waals surface area contributed by atoms with Gasteiger partial charge in [0.05, 0.1) is 0 Å². The Hall–Kier alpha value is -0.350. The molecule has 0 saturated carbocycles. The van der Waals surface area contributed by atoms with Crippen LogP contribution in [0.2, 0.25) is 0 Å². The number of hydrogen-bond donors (Lipinski definition) is 0. The molecule has 64 valence electrons. The summed E-state index contributed by atoms with van der Waals surface area (Å²) < 4.78 is 9.52. The molecule has 0 rings (SSSR count). The molecule has 0 aliphatic heterocycles. The highest BCUT2D eigenvalue weighted by Gasteiger charge is 2.08. The molecule has 4 heteroatoms. The smallest absolute Gasteiger partial charge is 0.336 e. The third kappa shape index (κ3) is 4.16. The van der Waals surface area contributed by atoms with Crippen molar-refractivity contribution in [2.75, 3.05) is 7.11 Å². The highest BCUT2D eigenvalue weighted by atomic mass is 79.9. The molecule has 0 aromatic carbocycles. The van der Waals surface area contributed by atoms with Crippen LogP contribution in [0.3, 0.4) is 0 Å². The van der Waals surface area contributed by atoms with E-state index in [1.54, 1.807) is 13.8 Å². The summed E-state index contributed by atoms with van der Waals surface area (Å²) in [6.45, 7) is 3.30. The van der Waals surface area contributed by atoms with E-state index in [9.17, 15) is 4.79 Å². The molecule has 3 nitrogen and oxygen atoms in total. The van der Waals surface area contributed by atoms with E-state index in [4.69, 9.17) is 9.47 Å². The standard InChI is InChI=1S/C7H11BrO3/c1-5(4-8)7(9)11-6(2)10-3/h4,6H,1-3H3/b5-4+. The Bertz CT molecular complexity index is 165. The van der Waals surface area contributed by atoms with Crippen LogP contribution in [0.1, 0.15) is 13.8 Å². The van der Waals surface area contributed by atoms with Gasteiger partial charge in [-0.3, -0.25) is 0 Å². The van der Waals surface area contributed by atoms with E-state index in [2.05, 4.69) is 15.9 Å². The minimum absolute atomic E-state index is 0.378. The Balaban J connectivity index is 3.88. The Kier molecular flexibility index (Phi) is 5.15. The average Bonchev–Trinajstić information content (AvgIpc) is 2.02. The first-order chi connectivity index (χ1) is 5.11. The van der Waals surface area contributed by atoms with Crippen LogP contribution in [-0.2, 0) is 14.3 Å². The van der Waals surface area contributed by atoms with Gasteiger partial charge in [0.1, 0.15) is 0 Å². The van der Waals surface area contributed by atoms with Crippen molar-refractivity contribution in [3.05, 3.63) is 10.6 Å². The first kappa shape index (κ1) is 10.7. The second kappa shape index (κ2) is 5.32. The van der Waals surface area contributed by atoms with Crippen molar-refractivity contribution in [2.45, 2.75) is 20.1 Å². The predicted octanol–water partition coefficient (Wildman–Crippen LogP) is 1.82. The van der Waals surface area contributed by atoms with Crippen molar-refractivity contribution in [1.82, 2.24) is 0 Å². The van der Waals surface area contributed by atoms with Crippen molar-refractivity contribution in [3.63, 3.8) is 0 Å². The fraction of sp³-hybridized carbons (Fsp3) is 0.571. The van der Waals surface area contributed by atoms with Crippen molar-refractivity contribution in [2.24, 2.45) is 0 Å². The van der Waals surface area contributed by atoms with E-state index in [-0.39, 0.29) is 5.97 Å². The molecule has 0 N–H and O–H groups in total. The number of ether oxygens (including phenoxy) is 2. The summed E-state index contributed by atoms with van der Waals surface area (Å²) in [4.78, 5) is 12.5. The molecule has 0 saturated heterocycles. The maximum absolute atomic E-state index is 10.9. The second-order valence-electron chi connectivity index (χ2n) is 2.00. The van der Waals surface area contributed by atoms with Gasteiger partial charge in [-0.15, -0.1) is 0 Å². The van der Waals surface area contributed by atoms with Gasteiger partial charge in [-0.05, 0) is 18.8 Å². The molecule has 1 atom stereocenters. The zero-order valence-corrected chi connectivity index (χ0v) is 8.34. The van der Waals surface area contributed by atoms with Gasteiger partial charge in [-0.25, -0.2) is 4.79 Å². The maximum Gasteiger partial charge on any atom is 0.336 e. The van der Waals surface area contributed by atoms with Crippen molar-refractivity contribution < 1.29 is 14.3 Å². The highest BCUT2D eigenvalue weighted by molar-refractivity contribution is 9.11. The Morgan fingerprint density at radius 3 is 2.55 bits per heavy atom. The Labute approximate surface area is 74.5 Å². The molecule has 0 fully saturated rings. The lowest BCUT2D eigenvalue weighted by molar-refractivity contribution is -0.164. The zero-order chi connectivity index (χ0) is 8.85. The van der Waals surface area contributed by atoms with Gasteiger partial charge in [0, 0.05) is 12.7 Å². The van der Waals surface area contributed by atoms with Crippen LogP contribution in [-0.4, -0.2) is 19.4 Å². The van der Waals surface area contributed by atoms with Crippen molar-refractivity contribution in [3.8, 4) is 0 Å². The maximum atomic E-state index is 10.9. The zero-order valence-electron chi connectivity index (χ0n) is 6.76. The summed E-state index contributed by atoms with van der Waals surface area (Å²) in [5.74, 6) is -0.378. The fourth-order valence-corrected chi connectivity index (χ4v) is 0.523. The van der Waals surface area contributed by atoms with Crippen molar-refractivity contribution >= 4 is 21.9 Å². The Morgan fingerprint density at radius 1 is 1.64 bits per heavy atom. The molecule has 0 aromatic rings. The van der Waals surface area contributed by atoms with Gasteiger partial charge in [-0.2, -0.15) is 0 Å². The SMILES string of the molecule is COC(C)OC(=O)/C(C)=C/Br. The Morgan fingerprint density at radius 2 is 2.18 bits per heavy atom. The summed E-state index contributed by atoms with van der Waals surface area (Å²) in [5, 5.41) is 0. The first-order valence-electron chi connectivity index (χ1n) is 3.12. The molecule has 0 aliphatic carbocycles. The number of carbonyl (C=O) groups excluding carboxylic acids is 1. The summed E-state index contributed by atoms with van der Waals surface area (Å²) in [6, 6.07) is 0. The molecule has 0 radical (unpaired) electrons. The number of carbonyl (C=O) groups is 1. The summed E-state index contributed by atoms with van der Waals surface area (Å²) >= 11 is 3.02.